The van der Waals surface area contributed by atoms with Gasteiger partial charge < -0.3 is 19.3 Å². The van der Waals surface area contributed by atoms with Crippen LogP contribution in [0.1, 0.15) is 58.4 Å². The number of rotatable bonds is 7. The van der Waals surface area contributed by atoms with Gasteiger partial charge in [-0.2, -0.15) is 8.78 Å². The molecule has 2 aromatic rings. The molecule has 0 radical (unpaired) electrons. The van der Waals surface area contributed by atoms with Gasteiger partial charge >= 0.3 is 6.61 Å². The fraction of sp³-hybridized carbons (Fsp3) is 0.407. The van der Waals surface area contributed by atoms with Crippen LogP contribution in [-0.2, 0) is 16.1 Å². The summed E-state index contributed by atoms with van der Waals surface area (Å²) >= 11 is 0. The van der Waals surface area contributed by atoms with Gasteiger partial charge in [-0.1, -0.05) is 6.07 Å². The van der Waals surface area contributed by atoms with Crippen molar-refractivity contribution < 1.29 is 37.4 Å². The van der Waals surface area contributed by atoms with E-state index in [2.05, 4.69) is 10.1 Å². The minimum absolute atomic E-state index is 0.0744. The molecule has 0 aliphatic carbocycles. The first-order valence-electron chi connectivity index (χ1n) is 12.6. The Morgan fingerprint density at radius 2 is 1.89 bits per heavy atom. The number of carbonyl (C=O) groups excluding carboxylic acids is 4. The van der Waals surface area contributed by atoms with Crippen LogP contribution >= 0.6 is 0 Å². The molecule has 3 aliphatic heterocycles. The Hall–Kier alpha value is -4.02. The van der Waals surface area contributed by atoms with Crippen molar-refractivity contribution in [3.63, 3.8) is 0 Å². The third-order valence-electron chi connectivity index (χ3n) is 7.13. The van der Waals surface area contributed by atoms with Gasteiger partial charge in [-0.05, 0) is 67.6 Å². The molecule has 11 heteroatoms. The molecule has 2 atom stereocenters. The van der Waals surface area contributed by atoms with Crippen LogP contribution in [0.25, 0.3) is 0 Å². The summed E-state index contributed by atoms with van der Waals surface area (Å²) < 4.78 is 35.7. The minimum atomic E-state index is -2.98. The van der Waals surface area contributed by atoms with E-state index in [1.165, 1.54) is 23.1 Å². The number of hydrogen-bond donors (Lipinski definition) is 1. The Balaban J connectivity index is 1.24. The number of hydrogen-bond acceptors (Lipinski definition) is 6. The first kappa shape index (κ1) is 25.6. The molecule has 0 bridgehead atoms. The number of nitrogens with one attached hydrogen (secondary N) is 1. The summed E-state index contributed by atoms with van der Waals surface area (Å²) in [5, 5.41) is 2.29. The highest BCUT2D eigenvalue weighted by molar-refractivity contribution is 6.05. The number of halogens is 2. The van der Waals surface area contributed by atoms with Crippen molar-refractivity contribution in [1.29, 1.82) is 0 Å². The molecule has 9 nitrogen and oxygen atoms in total. The van der Waals surface area contributed by atoms with Crippen molar-refractivity contribution >= 4 is 23.6 Å². The molecule has 3 heterocycles. The molecule has 2 aromatic carbocycles. The Kier molecular flexibility index (Phi) is 7.26. The number of amides is 4. The summed E-state index contributed by atoms with van der Waals surface area (Å²) in [6.45, 7) is -1.99. The first-order chi connectivity index (χ1) is 18.3. The molecule has 0 spiro atoms. The number of piperidine rings is 2. The summed E-state index contributed by atoms with van der Waals surface area (Å²) in [5.41, 5.74) is 1.48. The largest absolute Gasteiger partial charge is 0.491 e. The zero-order valence-corrected chi connectivity index (χ0v) is 20.5. The topological polar surface area (TPSA) is 105 Å². The third kappa shape index (κ3) is 5.32. The third-order valence-corrected chi connectivity index (χ3v) is 7.13. The lowest BCUT2D eigenvalue weighted by atomic mass is 10.0. The lowest BCUT2D eigenvalue weighted by Gasteiger charge is -2.35. The molecule has 38 heavy (non-hydrogen) atoms. The fourth-order valence-corrected chi connectivity index (χ4v) is 5.25. The molecule has 3 aliphatic rings. The number of nitrogens with zero attached hydrogens (tertiary/aromatic N) is 2. The summed E-state index contributed by atoms with van der Waals surface area (Å²) in [5.74, 6) is -0.884. The average molecular weight is 528 g/mol. The quantitative estimate of drug-likeness (QED) is 0.555. The fourth-order valence-electron chi connectivity index (χ4n) is 5.25. The Morgan fingerprint density at radius 3 is 2.68 bits per heavy atom. The number of ether oxygens (including phenoxy) is 2. The summed E-state index contributed by atoms with van der Waals surface area (Å²) in [4.78, 5) is 53.0. The second kappa shape index (κ2) is 10.8. The Morgan fingerprint density at radius 1 is 1.05 bits per heavy atom. The number of fused-ring (bicyclic) bond motifs is 1. The van der Waals surface area contributed by atoms with Crippen LogP contribution in [0.3, 0.4) is 0 Å². The van der Waals surface area contributed by atoms with E-state index in [1.807, 2.05) is 0 Å². The number of alkyl halides is 2. The molecule has 0 aromatic heterocycles. The highest BCUT2D eigenvalue weighted by Crippen LogP contribution is 2.31. The second-order valence-corrected chi connectivity index (χ2v) is 9.58. The second-order valence-electron chi connectivity index (χ2n) is 9.58. The lowest BCUT2D eigenvalue weighted by molar-refractivity contribution is -0.136. The molecule has 4 amide bonds. The Bertz CT molecular complexity index is 1270. The van der Waals surface area contributed by atoms with Crippen molar-refractivity contribution in [2.75, 3.05) is 13.2 Å². The van der Waals surface area contributed by atoms with Crippen LogP contribution in [0.2, 0.25) is 0 Å². The van der Waals surface area contributed by atoms with E-state index in [0.29, 0.717) is 17.9 Å². The van der Waals surface area contributed by atoms with E-state index < -0.39 is 18.6 Å². The minimum Gasteiger partial charge on any atom is -0.491 e. The van der Waals surface area contributed by atoms with Gasteiger partial charge in [0.25, 0.3) is 11.8 Å². The van der Waals surface area contributed by atoms with Gasteiger partial charge in [0.05, 0.1) is 6.04 Å². The van der Waals surface area contributed by atoms with E-state index in [1.54, 1.807) is 29.2 Å². The standard InChI is InChI=1S/C27H27F2N3O6/c28-27(29)38-20-6-3-4-16(12-20)25(35)31-11-2-1-5-18(31)15-37-19-7-8-21-17(13-19)14-32(26(21)36)22-9-10-23(33)30-24(22)34/h3-4,6-8,12-13,18,22,27H,1-2,5,9-11,14-15H2,(H,30,33,34)/t18-,22?/m0/s1. The maximum Gasteiger partial charge on any atom is 0.387 e. The van der Waals surface area contributed by atoms with E-state index in [0.717, 1.165) is 24.8 Å². The molecular formula is C27H27F2N3O6. The smallest absolute Gasteiger partial charge is 0.387 e. The van der Waals surface area contributed by atoms with Crippen LogP contribution in [0.4, 0.5) is 8.78 Å². The van der Waals surface area contributed by atoms with Crippen molar-refractivity contribution in [1.82, 2.24) is 15.1 Å². The number of likely N-dealkylation sites (tertiary alicyclic amines) is 1. The van der Waals surface area contributed by atoms with Gasteiger partial charge in [-0.3, -0.25) is 24.5 Å². The van der Waals surface area contributed by atoms with Gasteiger partial charge in [0, 0.05) is 30.6 Å². The van der Waals surface area contributed by atoms with Gasteiger partial charge in [-0.25, -0.2) is 0 Å². The number of carbonyl (C=O) groups is 4. The zero-order valence-electron chi connectivity index (χ0n) is 20.5. The van der Waals surface area contributed by atoms with E-state index in [4.69, 9.17) is 4.74 Å². The molecule has 200 valence electrons. The average Bonchev–Trinajstić information content (AvgIpc) is 3.22. The SMILES string of the molecule is O=C1CCC(N2Cc3cc(OC[C@@H]4CCCCN4C(=O)c4cccc(OC(F)F)c4)ccc3C2=O)C(=O)N1. The van der Waals surface area contributed by atoms with E-state index in [-0.39, 0.29) is 61.1 Å². The zero-order chi connectivity index (χ0) is 26.8. The predicted molar refractivity (Wildman–Crippen MR) is 130 cm³/mol. The van der Waals surface area contributed by atoms with Gasteiger partial charge in [0.15, 0.2) is 0 Å². The van der Waals surface area contributed by atoms with Crippen LogP contribution in [0.15, 0.2) is 42.5 Å². The summed E-state index contributed by atoms with van der Waals surface area (Å²) in [6.07, 6.45) is 2.95. The lowest BCUT2D eigenvalue weighted by Crippen LogP contribution is -2.52. The molecule has 1 unspecified atom stereocenters. The van der Waals surface area contributed by atoms with Crippen molar-refractivity contribution in [3.8, 4) is 11.5 Å². The highest BCUT2D eigenvalue weighted by atomic mass is 19.3. The molecule has 0 saturated carbocycles. The normalized spacial score (nSPS) is 21.4. The van der Waals surface area contributed by atoms with Crippen molar-refractivity contribution in [3.05, 3.63) is 59.2 Å². The molecule has 2 fully saturated rings. The van der Waals surface area contributed by atoms with Crippen LogP contribution in [0, 0.1) is 0 Å². The first-order valence-corrected chi connectivity index (χ1v) is 12.6. The van der Waals surface area contributed by atoms with Gasteiger partial charge in [0.1, 0.15) is 24.1 Å². The van der Waals surface area contributed by atoms with Crippen molar-refractivity contribution in [2.24, 2.45) is 0 Å². The van der Waals surface area contributed by atoms with Gasteiger partial charge in [0.2, 0.25) is 11.8 Å². The van der Waals surface area contributed by atoms with Crippen LogP contribution in [0.5, 0.6) is 11.5 Å². The maximum absolute atomic E-state index is 13.2. The van der Waals surface area contributed by atoms with Crippen molar-refractivity contribution in [2.45, 2.75) is 57.3 Å². The summed E-state index contributed by atoms with van der Waals surface area (Å²) in [7, 11) is 0. The number of imide groups is 1. The Labute approximate surface area is 217 Å². The molecule has 2 saturated heterocycles. The monoisotopic (exact) mass is 527 g/mol. The van der Waals surface area contributed by atoms with Crippen LogP contribution in [-0.4, -0.2) is 65.3 Å². The van der Waals surface area contributed by atoms with Crippen LogP contribution < -0.4 is 14.8 Å². The van der Waals surface area contributed by atoms with E-state index in [9.17, 15) is 28.0 Å². The predicted octanol–water partition coefficient (Wildman–Crippen LogP) is 3.12. The molecule has 5 rings (SSSR count). The number of benzene rings is 2. The molecule has 1 N–H and O–H groups in total. The van der Waals surface area contributed by atoms with Gasteiger partial charge in [-0.15, -0.1) is 0 Å². The molecular weight excluding hydrogens is 500 g/mol. The summed E-state index contributed by atoms with van der Waals surface area (Å²) in [6, 6.07) is 9.96. The maximum atomic E-state index is 13.2. The van der Waals surface area contributed by atoms with E-state index >= 15 is 0 Å². The highest BCUT2D eigenvalue weighted by Gasteiger charge is 2.39.